The van der Waals surface area contributed by atoms with Crippen molar-refractivity contribution in [2.24, 2.45) is 0 Å². The Morgan fingerprint density at radius 2 is 2.21 bits per heavy atom. The quantitative estimate of drug-likeness (QED) is 0.838. The molecular weight excluding hydrogens is 258 g/mol. The van der Waals surface area contributed by atoms with Crippen LogP contribution in [0.2, 0.25) is 0 Å². The summed E-state index contributed by atoms with van der Waals surface area (Å²) in [6.45, 7) is 0. The van der Waals surface area contributed by atoms with E-state index in [1.165, 1.54) is 16.9 Å². The molecule has 1 atom stereocenters. The molecule has 5 heteroatoms. The van der Waals surface area contributed by atoms with Gasteiger partial charge in [0.1, 0.15) is 11.2 Å². The molecule has 4 nitrogen and oxygen atoms in total. The first kappa shape index (κ1) is 11.0. The van der Waals surface area contributed by atoms with E-state index >= 15 is 0 Å². The van der Waals surface area contributed by atoms with Gasteiger partial charge in [-0.1, -0.05) is 6.07 Å². The third-order valence-corrected chi connectivity index (χ3v) is 4.91. The van der Waals surface area contributed by atoms with Gasteiger partial charge in [0.2, 0.25) is 0 Å². The van der Waals surface area contributed by atoms with E-state index in [1.807, 2.05) is 18.2 Å². The molecule has 0 saturated heterocycles. The summed E-state index contributed by atoms with van der Waals surface area (Å²) >= 11 is 1.73. The smallest absolute Gasteiger partial charge is 0.256 e. The number of hydrogen-bond donors (Lipinski definition) is 2. The van der Waals surface area contributed by atoms with Crippen LogP contribution >= 0.6 is 11.3 Å². The summed E-state index contributed by atoms with van der Waals surface area (Å²) in [5, 5.41) is 7.40. The third kappa shape index (κ3) is 1.65. The molecule has 1 aliphatic carbocycles. The van der Waals surface area contributed by atoms with Crippen LogP contribution in [0, 0.1) is 0 Å². The average Bonchev–Trinajstić information content (AvgIpc) is 2.99. The molecule has 0 saturated carbocycles. The van der Waals surface area contributed by atoms with E-state index in [2.05, 4.69) is 15.6 Å². The van der Waals surface area contributed by atoms with Gasteiger partial charge >= 0.3 is 0 Å². The molecule has 96 valence electrons. The molecule has 19 heavy (non-hydrogen) atoms. The van der Waals surface area contributed by atoms with Gasteiger partial charge in [-0.3, -0.25) is 9.78 Å². The summed E-state index contributed by atoms with van der Waals surface area (Å²) in [5.74, 6) is 0.0313. The number of aromatic nitrogens is 1. The molecule has 0 fully saturated rings. The molecule has 4 rings (SSSR count). The molecule has 1 aliphatic heterocycles. The maximum Gasteiger partial charge on any atom is 0.256 e. The number of carbonyl (C=O) groups excluding carboxylic acids is 1. The van der Waals surface area contributed by atoms with Crippen LogP contribution in [-0.2, 0) is 12.8 Å². The Bertz CT molecular complexity index is 650. The number of pyridine rings is 1. The highest BCUT2D eigenvalue weighted by atomic mass is 32.1. The number of thiophene rings is 1. The van der Waals surface area contributed by atoms with Crippen LogP contribution < -0.4 is 10.6 Å². The second kappa shape index (κ2) is 4.06. The van der Waals surface area contributed by atoms with Crippen molar-refractivity contribution < 1.29 is 4.79 Å². The number of rotatable bonds is 1. The lowest BCUT2D eigenvalue weighted by Crippen LogP contribution is -2.38. The first-order valence-corrected chi connectivity index (χ1v) is 7.27. The molecule has 0 aromatic carbocycles. The fourth-order valence-corrected chi connectivity index (χ4v) is 4.13. The Kier molecular flexibility index (Phi) is 2.35. The van der Waals surface area contributed by atoms with Crippen LogP contribution in [0.25, 0.3) is 0 Å². The van der Waals surface area contributed by atoms with Crippen molar-refractivity contribution >= 4 is 22.2 Å². The van der Waals surface area contributed by atoms with Crippen molar-refractivity contribution in [2.45, 2.75) is 25.4 Å². The van der Waals surface area contributed by atoms with Gasteiger partial charge in [0.25, 0.3) is 5.91 Å². The minimum Gasteiger partial charge on any atom is -0.351 e. The fourth-order valence-electron chi connectivity index (χ4n) is 2.81. The van der Waals surface area contributed by atoms with E-state index in [1.54, 1.807) is 17.5 Å². The van der Waals surface area contributed by atoms with Crippen molar-refractivity contribution in [3.63, 3.8) is 0 Å². The predicted molar refractivity (Wildman–Crippen MR) is 74.4 cm³/mol. The number of hydrogen-bond acceptors (Lipinski definition) is 4. The minimum absolute atomic E-state index is 0.0313. The standard InChI is InChI=1S/C14H13N3OS/c18-13-11-8-4-3-6-10(8)19-14(11)17-12(16-13)9-5-1-2-7-15-9/h1-2,5,7,12,17H,3-4,6H2,(H,16,18)/t12-/m1/s1. The van der Waals surface area contributed by atoms with E-state index in [0.717, 1.165) is 29.1 Å². The van der Waals surface area contributed by atoms with E-state index < -0.39 is 0 Å². The Morgan fingerprint density at radius 3 is 3.05 bits per heavy atom. The van der Waals surface area contributed by atoms with Gasteiger partial charge in [0, 0.05) is 11.1 Å². The zero-order valence-corrected chi connectivity index (χ0v) is 11.1. The van der Waals surface area contributed by atoms with E-state index in [0.29, 0.717) is 0 Å². The molecule has 2 aromatic heterocycles. The highest BCUT2D eigenvalue weighted by Gasteiger charge is 2.32. The predicted octanol–water partition coefficient (Wildman–Crippen LogP) is 2.49. The van der Waals surface area contributed by atoms with Crippen LogP contribution in [-0.4, -0.2) is 10.9 Å². The van der Waals surface area contributed by atoms with Crippen molar-refractivity contribution in [3.8, 4) is 0 Å². The lowest BCUT2D eigenvalue weighted by atomic mass is 10.1. The van der Waals surface area contributed by atoms with Crippen LogP contribution in [0.4, 0.5) is 5.00 Å². The van der Waals surface area contributed by atoms with Gasteiger partial charge < -0.3 is 10.6 Å². The molecule has 0 spiro atoms. The Balaban J connectivity index is 1.74. The normalized spacial score (nSPS) is 20.4. The van der Waals surface area contributed by atoms with Crippen molar-refractivity contribution in [3.05, 3.63) is 46.1 Å². The van der Waals surface area contributed by atoms with Gasteiger partial charge in [0.15, 0.2) is 0 Å². The van der Waals surface area contributed by atoms with Crippen molar-refractivity contribution in [1.82, 2.24) is 10.3 Å². The number of anilines is 1. The summed E-state index contributed by atoms with van der Waals surface area (Å²) < 4.78 is 0. The average molecular weight is 271 g/mol. The maximum absolute atomic E-state index is 12.3. The van der Waals surface area contributed by atoms with Crippen LogP contribution in [0.1, 0.15) is 39.1 Å². The van der Waals surface area contributed by atoms with Gasteiger partial charge in [-0.25, -0.2) is 0 Å². The third-order valence-electron chi connectivity index (χ3n) is 3.68. The van der Waals surface area contributed by atoms with Crippen molar-refractivity contribution in [1.29, 1.82) is 0 Å². The highest BCUT2D eigenvalue weighted by Crippen LogP contribution is 2.41. The zero-order chi connectivity index (χ0) is 12.8. The van der Waals surface area contributed by atoms with Gasteiger partial charge in [0.05, 0.1) is 11.3 Å². The van der Waals surface area contributed by atoms with Gasteiger partial charge in [-0.05, 0) is 37.0 Å². The molecule has 0 bridgehead atoms. The summed E-state index contributed by atoms with van der Waals surface area (Å²) in [7, 11) is 0. The Labute approximate surface area is 114 Å². The SMILES string of the molecule is O=C1N[C@@H](c2ccccn2)Nc2sc3c(c21)CCC3. The van der Waals surface area contributed by atoms with E-state index in [9.17, 15) is 4.79 Å². The van der Waals surface area contributed by atoms with E-state index in [4.69, 9.17) is 0 Å². The summed E-state index contributed by atoms with van der Waals surface area (Å²) in [6.07, 6.45) is 4.83. The van der Waals surface area contributed by atoms with Crippen molar-refractivity contribution in [2.75, 3.05) is 5.32 Å². The van der Waals surface area contributed by atoms with Crippen LogP contribution in [0.5, 0.6) is 0 Å². The number of amides is 1. The first-order chi connectivity index (χ1) is 9.33. The van der Waals surface area contributed by atoms with E-state index in [-0.39, 0.29) is 12.1 Å². The monoisotopic (exact) mass is 271 g/mol. The first-order valence-electron chi connectivity index (χ1n) is 6.46. The number of carbonyl (C=O) groups is 1. The molecular formula is C14H13N3OS. The molecule has 1 amide bonds. The largest absolute Gasteiger partial charge is 0.351 e. The number of fused-ring (bicyclic) bond motifs is 3. The summed E-state index contributed by atoms with van der Waals surface area (Å²) in [6, 6.07) is 5.73. The summed E-state index contributed by atoms with van der Waals surface area (Å²) in [5.41, 5.74) is 2.96. The summed E-state index contributed by atoms with van der Waals surface area (Å²) in [4.78, 5) is 18.0. The molecule has 3 heterocycles. The van der Waals surface area contributed by atoms with Gasteiger partial charge in [-0.2, -0.15) is 0 Å². The molecule has 0 radical (unpaired) electrons. The Morgan fingerprint density at radius 1 is 1.26 bits per heavy atom. The zero-order valence-electron chi connectivity index (χ0n) is 10.3. The molecule has 2 aromatic rings. The maximum atomic E-state index is 12.3. The second-order valence-electron chi connectivity index (χ2n) is 4.87. The minimum atomic E-state index is -0.222. The second-order valence-corrected chi connectivity index (χ2v) is 5.97. The lowest BCUT2D eigenvalue weighted by Gasteiger charge is -2.25. The molecule has 2 aliphatic rings. The number of aryl methyl sites for hydroxylation is 1. The molecule has 2 N–H and O–H groups in total. The van der Waals surface area contributed by atoms with Crippen LogP contribution in [0.3, 0.4) is 0 Å². The highest BCUT2D eigenvalue weighted by molar-refractivity contribution is 7.16. The van der Waals surface area contributed by atoms with Crippen LogP contribution in [0.15, 0.2) is 24.4 Å². The number of nitrogens with zero attached hydrogens (tertiary/aromatic N) is 1. The topological polar surface area (TPSA) is 54.0 Å². The lowest BCUT2D eigenvalue weighted by molar-refractivity contribution is 0.0935. The fraction of sp³-hybridized carbons (Fsp3) is 0.286. The number of nitrogens with one attached hydrogen (secondary N) is 2. The Hall–Kier alpha value is -1.88. The molecule has 0 unspecified atom stereocenters. The van der Waals surface area contributed by atoms with Gasteiger partial charge in [-0.15, -0.1) is 11.3 Å².